The van der Waals surface area contributed by atoms with Gasteiger partial charge in [0.1, 0.15) is 5.82 Å². The summed E-state index contributed by atoms with van der Waals surface area (Å²) in [5.74, 6) is 3.02. The third-order valence-electron chi connectivity index (χ3n) is 5.73. The minimum Gasteiger partial charge on any atom is -0.390 e. The molecule has 4 nitrogen and oxygen atoms in total. The van der Waals surface area contributed by atoms with Crippen molar-refractivity contribution in [3.63, 3.8) is 0 Å². The van der Waals surface area contributed by atoms with Crippen LogP contribution in [-0.2, 0) is 11.4 Å². The smallest absolute Gasteiger partial charge is 0.231 e. The highest BCUT2D eigenvalue weighted by atomic mass is 16.3. The molecule has 21 heavy (non-hydrogen) atoms. The van der Waals surface area contributed by atoms with Gasteiger partial charge in [-0.25, -0.2) is 4.98 Å². The van der Waals surface area contributed by atoms with E-state index in [1.165, 1.54) is 19.3 Å². The van der Waals surface area contributed by atoms with E-state index in [0.29, 0.717) is 11.5 Å². The minimum atomic E-state index is -0.147. The molecule has 0 unspecified atom stereocenters. The average molecular weight is 286 g/mol. The Morgan fingerprint density at radius 1 is 1.19 bits per heavy atom. The zero-order chi connectivity index (χ0) is 14.4. The Bertz CT molecular complexity index is 534. The van der Waals surface area contributed by atoms with E-state index in [4.69, 9.17) is 5.11 Å². The summed E-state index contributed by atoms with van der Waals surface area (Å²) in [6.45, 7) is -0.0962. The lowest BCUT2D eigenvalue weighted by Gasteiger charge is -2.55. The van der Waals surface area contributed by atoms with Gasteiger partial charge in [-0.05, 0) is 68.4 Å². The Hall–Kier alpha value is -1.42. The summed E-state index contributed by atoms with van der Waals surface area (Å²) < 4.78 is 0. The molecule has 4 saturated carbocycles. The van der Waals surface area contributed by atoms with Gasteiger partial charge in [0.2, 0.25) is 5.91 Å². The number of rotatable bonds is 3. The van der Waals surface area contributed by atoms with Crippen molar-refractivity contribution in [1.29, 1.82) is 0 Å². The fourth-order valence-electron chi connectivity index (χ4n) is 5.27. The van der Waals surface area contributed by atoms with Crippen molar-refractivity contribution >= 4 is 11.7 Å². The van der Waals surface area contributed by atoms with Crippen LogP contribution in [0.1, 0.15) is 44.2 Å². The fourth-order valence-corrected chi connectivity index (χ4v) is 5.27. The lowest BCUT2D eigenvalue weighted by Crippen LogP contribution is -2.51. The zero-order valence-corrected chi connectivity index (χ0v) is 12.2. The quantitative estimate of drug-likeness (QED) is 0.898. The van der Waals surface area contributed by atoms with Crippen molar-refractivity contribution < 1.29 is 9.90 Å². The molecule has 1 heterocycles. The first-order valence-electron chi connectivity index (χ1n) is 8.05. The van der Waals surface area contributed by atoms with Gasteiger partial charge >= 0.3 is 0 Å². The molecule has 0 atom stereocenters. The van der Waals surface area contributed by atoms with Crippen LogP contribution in [0.3, 0.4) is 0 Å². The molecule has 5 rings (SSSR count). The number of amides is 1. The highest BCUT2D eigenvalue weighted by molar-refractivity contribution is 5.94. The van der Waals surface area contributed by atoms with E-state index < -0.39 is 0 Å². The molecule has 2 N–H and O–H groups in total. The van der Waals surface area contributed by atoms with Gasteiger partial charge in [0.15, 0.2) is 0 Å². The predicted octanol–water partition coefficient (Wildman–Crippen LogP) is 2.73. The lowest BCUT2D eigenvalue weighted by atomic mass is 9.49. The molecule has 4 aliphatic rings. The first-order valence-corrected chi connectivity index (χ1v) is 8.05. The molecule has 4 aliphatic carbocycles. The second-order valence-corrected chi connectivity index (χ2v) is 7.32. The lowest BCUT2D eigenvalue weighted by molar-refractivity contribution is -0.140. The number of nitrogens with one attached hydrogen (secondary N) is 1. The number of aliphatic hydroxyl groups excluding tert-OH is 1. The number of hydrogen-bond acceptors (Lipinski definition) is 3. The summed E-state index contributed by atoms with van der Waals surface area (Å²) in [6, 6.07) is 5.39. The van der Waals surface area contributed by atoms with Crippen molar-refractivity contribution in [3.8, 4) is 0 Å². The normalized spacial score (nSPS) is 36.7. The Morgan fingerprint density at radius 3 is 2.38 bits per heavy atom. The number of aliphatic hydroxyl groups is 1. The Balaban J connectivity index is 1.54. The summed E-state index contributed by atoms with van der Waals surface area (Å²) in [5, 5.41) is 12.2. The largest absolute Gasteiger partial charge is 0.390 e. The van der Waals surface area contributed by atoms with Gasteiger partial charge in [0.25, 0.3) is 0 Å². The Labute approximate surface area is 125 Å². The number of anilines is 1. The summed E-state index contributed by atoms with van der Waals surface area (Å²) >= 11 is 0. The number of carbonyl (C=O) groups excluding carboxylic acids is 1. The summed E-state index contributed by atoms with van der Waals surface area (Å²) in [6.07, 6.45) is 7.19. The van der Waals surface area contributed by atoms with Crippen LogP contribution in [0.5, 0.6) is 0 Å². The van der Waals surface area contributed by atoms with Crippen LogP contribution in [-0.4, -0.2) is 16.0 Å². The van der Waals surface area contributed by atoms with Crippen molar-refractivity contribution in [2.75, 3.05) is 5.32 Å². The summed E-state index contributed by atoms with van der Waals surface area (Å²) in [7, 11) is 0. The van der Waals surface area contributed by atoms with E-state index in [1.54, 1.807) is 12.1 Å². The molecular weight excluding hydrogens is 264 g/mol. The van der Waals surface area contributed by atoms with Gasteiger partial charge in [-0.3, -0.25) is 4.79 Å². The standard InChI is InChI=1S/C17H22N2O2/c20-10-14-2-1-3-15(18-14)19-16(21)17-7-11-4-12(8-17)6-13(5-11)9-17/h1-3,11-13,20H,4-10H2,(H,18,19,21). The van der Waals surface area contributed by atoms with Gasteiger partial charge in [-0.1, -0.05) is 6.07 Å². The molecule has 1 aromatic heterocycles. The third kappa shape index (κ3) is 2.26. The Morgan fingerprint density at radius 2 is 1.81 bits per heavy atom. The number of pyridine rings is 1. The maximum absolute atomic E-state index is 12.9. The monoisotopic (exact) mass is 286 g/mol. The van der Waals surface area contributed by atoms with E-state index in [-0.39, 0.29) is 17.9 Å². The van der Waals surface area contributed by atoms with Gasteiger partial charge in [-0.2, -0.15) is 0 Å². The fraction of sp³-hybridized carbons (Fsp3) is 0.647. The second kappa shape index (κ2) is 4.80. The molecule has 4 fully saturated rings. The summed E-state index contributed by atoms with van der Waals surface area (Å²) in [5.41, 5.74) is 0.448. The molecule has 1 amide bonds. The van der Waals surface area contributed by atoms with E-state index in [1.807, 2.05) is 6.07 Å². The van der Waals surface area contributed by atoms with Crippen molar-refractivity contribution in [2.24, 2.45) is 23.2 Å². The minimum absolute atomic E-state index is 0.0962. The van der Waals surface area contributed by atoms with E-state index >= 15 is 0 Å². The first-order chi connectivity index (χ1) is 10.2. The van der Waals surface area contributed by atoms with E-state index in [9.17, 15) is 4.79 Å². The number of aromatic nitrogens is 1. The Kier molecular flexibility index (Phi) is 3.03. The van der Waals surface area contributed by atoms with Gasteiger partial charge in [-0.15, -0.1) is 0 Å². The van der Waals surface area contributed by atoms with Crippen molar-refractivity contribution in [2.45, 2.75) is 45.1 Å². The van der Waals surface area contributed by atoms with Crippen LogP contribution in [0.2, 0.25) is 0 Å². The molecular formula is C17H22N2O2. The maximum Gasteiger partial charge on any atom is 0.231 e. The van der Waals surface area contributed by atoms with Gasteiger partial charge < -0.3 is 10.4 Å². The molecule has 0 aromatic carbocycles. The molecule has 1 aromatic rings. The second-order valence-electron chi connectivity index (χ2n) is 7.32. The predicted molar refractivity (Wildman–Crippen MR) is 79.4 cm³/mol. The van der Waals surface area contributed by atoms with Crippen molar-refractivity contribution in [3.05, 3.63) is 23.9 Å². The van der Waals surface area contributed by atoms with Crippen LogP contribution in [0.15, 0.2) is 18.2 Å². The molecule has 4 heteroatoms. The van der Waals surface area contributed by atoms with Crippen LogP contribution in [0, 0.1) is 23.2 Å². The van der Waals surface area contributed by atoms with Crippen molar-refractivity contribution in [1.82, 2.24) is 4.98 Å². The van der Waals surface area contributed by atoms with Crippen LogP contribution in [0.25, 0.3) is 0 Å². The van der Waals surface area contributed by atoms with Gasteiger partial charge in [0, 0.05) is 0 Å². The number of nitrogens with zero attached hydrogens (tertiary/aromatic N) is 1. The molecule has 0 radical (unpaired) electrons. The van der Waals surface area contributed by atoms with Crippen LogP contribution < -0.4 is 5.32 Å². The maximum atomic E-state index is 12.9. The molecule has 0 spiro atoms. The topological polar surface area (TPSA) is 62.2 Å². The highest BCUT2D eigenvalue weighted by Crippen LogP contribution is 2.60. The van der Waals surface area contributed by atoms with Crippen LogP contribution >= 0.6 is 0 Å². The molecule has 4 bridgehead atoms. The average Bonchev–Trinajstić information content (AvgIpc) is 2.46. The van der Waals surface area contributed by atoms with E-state index in [2.05, 4.69) is 10.3 Å². The zero-order valence-electron chi connectivity index (χ0n) is 12.2. The highest BCUT2D eigenvalue weighted by Gasteiger charge is 2.54. The molecule has 0 aliphatic heterocycles. The van der Waals surface area contributed by atoms with Gasteiger partial charge in [0.05, 0.1) is 17.7 Å². The first kappa shape index (κ1) is 13.3. The third-order valence-corrected chi connectivity index (χ3v) is 5.73. The molecule has 0 saturated heterocycles. The number of hydrogen-bond donors (Lipinski definition) is 2. The van der Waals surface area contributed by atoms with Crippen LogP contribution in [0.4, 0.5) is 5.82 Å². The molecule has 112 valence electrons. The number of carbonyl (C=O) groups is 1. The van der Waals surface area contributed by atoms with E-state index in [0.717, 1.165) is 37.0 Å². The SMILES string of the molecule is O=C(Nc1cccc(CO)n1)C12CC3CC(CC(C3)C1)C2. The summed E-state index contributed by atoms with van der Waals surface area (Å²) in [4.78, 5) is 17.1.